The van der Waals surface area contributed by atoms with Gasteiger partial charge in [-0.1, -0.05) is 32.4 Å². The van der Waals surface area contributed by atoms with Crippen molar-refractivity contribution in [2.45, 2.75) is 46.1 Å². The van der Waals surface area contributed by atoms with Crippen LogP contribution in [0.2, 0.25) is 0 Å². The van der Waals surface area contributed by atoms with Crippen LogP contribution in [0.25, 0.3) is 10.9 Å². The molecule has 2 aromatic rings. The molecule has 7 heteroatoms. The summed E-state index contributed by atoms with van der Waals surface area (Å²) in [6.45, 7) is 4.29. The third-order valence-electron chi connectivity index (χ3n) is 3.89. The second-order valence-electron chi connectivity index (χ2n) is 5.80. The zero-order chi connectivity index (χ0) is 18.4. The molecule has 0 unspecified atom stereocenters. The summed E-state index contributed by atoms with van der Waals surface area (Å²) in [6.07, 6.45) is 2.53. The minimum absolute atomic E-state index is 0.278. The van der Waals surface area contributed by atoms with Gasteiger partial charge in [-0.2, -0.15) is 0 Å². The van der Waals surface area contributed by atoms with E-state index in [-0.39, 0.29) is 23.6 Å². The molecule has 1 aromatic heterocycles. The van der Waals surface area contributed by atoms with Crippen molar-refractivity contribution in [1.82, 2.24) is 15.4 Å². The number of nitrogens with zero attached hydrogens (tertiary/aromatic N) is 1. The number of amides is 2. The number of pyridine rings is 1. The summed E-state index contributed by atoms with van der Waals surface area (Å²) in [7, 11) is 0. The number of hydrazine groups is 1. The summed E-state index contributed by atoms with van der Waals surface area (Å²) in [5.41, 5.74) is 4.09. The van der Waals surface area contributed by atoms with Gasteiger partial charge in [0.2, 0.25) is 5.91 Å². The van der Waals surface area contributed by atoms with Crippen LogP contribution in [0, 0.1) is 0 Å². The first-order valence-electron chi connectivity index (χ1n) is 8.44. The minimum atomic E-state index is -0.831. The molecule has 2 amide bonds. The Balaban J connectivity index is 2.38. The van der Waals surface area contributed by atoms with Crippen molar-refractivity contribution in [2.75, 3.05) is 0 Å². The monoisotopic (exact) mass is 345 g/mol. The molecule has 0 bridgehead atoms. The molecule has 134 valence electrons. The quantitative estimate of drug-likeness (QED) is 0.698. The molecule has 3 N–H and O–H groups in total. The lowest BCUT2D eigenvalue weighted by Crippen LogP contribution is -2.44. The van der Waals surface area contributed by atoms with Gasteiger partial charge < -0.3 is 9.67 Å². The molecular weight excluding hydrogens is 322 g/mol. The molecule has 0 saturated carbocycles. The summed E-state index contributed by atoms with van der Waals surface area (Å²) < 4.78 is 1.46. The molecule has 1 aromatic carbocycles. The van der Waals surface area contributed by atoms with Crippen molar-refractivity contribution < 1.29 is 14.7 Å². The van der Waals surface area contributed by atoms with E-state index in [0.717, 1.165) is 6.42 Å². The van der Waals surface area contributed by atoms with Crippen LogP contribution >= 0.6 is 0 Å². The van der Waals surface area contributed by atoms with Gasteiger partial charge in [-0.15, -0.1) is 0 Å². The van der Waals surface area contributed by atoms with Crippen LogP contribution in [0.5, 0.6) is 5.75 Å². The smallest absolute Gasteiger partial charge is 0.279 e. The molecule has 0 atom stereocenters. The lowest BCUT2D eigenvalue weighted by molar-refractivity contribution is -0.121. The van der Waals surface area contributed by atoms with E-state index in [1.165, 1.54) is 4.57 Å². The number of hydrogen-bond donors (Lipinski definition) is 3. The van der Waals surface area contributed by atoms with E-state index < -0.39 is 11.5 Å². The molecule has 25 heavy (non-hydrogen) atoms. The lowest BCUT2D eigenvalue weighted by atomic mass is 10.1. The van der Waals surface area contributed by atoms with Crippen molar-refractivity contribution in [3.8, 4) is 5.75 Å². The van der Waals surface area contributed by atoms with Crippen LogP contribution in [-0.4, -0.2) is 21.5 Å². The molecular formula is C18H23N3O4. The third kappa shape index (κ3) is 3.99. The van der Waals surface area contributed by atoms with Gasteiger partial charge in [0.15, 0.2) is 0 Å². The number of benzene rings is 1. The SMILES string of the molecule is CCCCC(=O)NNC(=O)c1c(O)c2ccccc2n(CCC)c1=O. The highest BCUT2D eigenvalue weighted by Gasteiger charge is 2.22. The van der Waals surface area contributed by atoms with E-state index >= 15 is 0 Å². The number of rotatable bonds is 6. The number of aromatic hydroxyl groups is 1. The number of nitrogens with one attached hydrogen (secondary N) is 2. The number of unbranched alkanes of at least 4 members (excludes halogenated alkanes) is 1. The predicted octanol–water partition coefficient (Wildman–Crippen LogP) is 2.07. The maximum Gasteiger partial charge on any atom is 0.279 e. The Morgan fingerprint density at radius 2 is 1.84 bits per heavy atom. The number of fused-ring (bicyclic) bond motifs is 1. The fourth-order valence-electron chi connectivity index (χ4n) is 2.63. The van der Waals surface area contributed by atoms with Crippen LogP contribution in [0.3, 0.4) is 0 Å². The van der Waals surface area contributed by atoms with Gasteiger partial charge in [0, 0.05) is 18.4 Å². The molecule has 0 saturated heterocycles. The molecule has 2 rings (SSSR count). The normalized spacial score (nSPS) is 10.6. The Morgan fingerprint density at radius 1 is 1.12 bits per heavy atom. The summed E-state index contributed by atoms with van der Waals surface area (Å²) in [4.78, 5) is 36.7. The number of carbonyl (C=O) groups excluding carboxylic acids is 2. The predicted molar refractivity (Wildman–Crippen MR) is 95.3 cm³/mol. The molecule has 0 aliphatic rings. The molecule has 0 spiro atoms. The van der Waals surface area contributed by atoms with Gasteiger partial charge in [-0.05, 0) is 25.0 Å². The number of aromatic nitrogens is 1. The van der Waals surface area contributed by atoms with E-state index in [1.54, 1.807) is 24.3 Å². The number of hydrogen-bond acceptors (Lipinski definition) is 4. The van der Waals surface area contributed by atoms with E-state index in [0.29, 0.717) is 30.3 Å². The second-order valence-corrected chi connectivity index (χ2v) is 5.80. The summed E-state index contributed by atoms with van der Waals surface area (Å²) in [5, 5.41) is 10.8. The Hall–Kier alpha value is -2.83. The Kier molecular flexibility index (Phi) is 6.16. The van der Waals surface area contributed by atoms with Crippen molar-refractivity contribution in [1.29, 1.82) is 0 Å². The number of carbonyl (C=O) groups is 2. The molecule has 1 heterocycles. The summed E-state index contributed by atoms with van der Waals surface area (Å²) >= 11 is 0. The maximum absolute atomic E-state index is 12.7. The zero-order valence-corrected chi connectivity index (χ0v) is 14.5. The summed E-state index contributed by atoms with van der Waals surface area (Å²) in [5.74, 6) is -1.56. The average Bonchev–Trinajstić information content (AvgIpc) is 2.61. The number of aryl methyl sites for hydroxylation is 1. The highest BCUT2D eigenvalue weighted by molar-refractivity contribution is 6.02. The van der Waals surface area contributed by atoms with E-state index in [2.05, 4.69) is 10.9 Å². The molecule has 0 radical (unpaired) electrons. The van der Waals surface area contributed by atoms with Gasteiger partial charge in [-0.3, -0.25) is 25.2 Å². The first-order chi connectivity index (χ1) is 12.0. The molecule has 0 fully saturated rings. The maximum atomic E-state index is 12.7. The topological polar surface area (TPSA) is 100 Å². The Labute approximate surface area is 145 Å². The van der Waals surface area contributed by atoms with Gasteiger partial charge in [0.1, 0.15) is 11.3 Å². The fourth-order valence-corrected chi connectivity index (χ4v) is 2.63. The first-order valence-corrected chi connectivity index (χ1v) is 8.44. The van der Waals surface area contributed by atoms with Crippen LogP contribution in [0.15, 0.2) is 29.1 Å². The van der Waals surface area contributed by atoms with Gasteiger partial charge in [-0.25, -0.2) is 0 Å². The van der Waals surface area contributed by atoms with Crippen LogP contribution in [0.1, 0.15) is 49.9 Å². The molecule has 0 aliphatic carbocycles. The molecule has 7 nitrogen and oxygen atoms in total. The van der Waals surface area contributed by atoms with E-state index in [1.807, 2.05) is 13.8 Å². The second kappa shape index (κ2) is 8.32. The number of para-hydroxylation sites is 1. The van der Waals surface area contributed by atoms with Crippen molar-refractivity contribution in [3.63, 3.8) is 0 Å². The average molecular weight is 345 g/mol. The largest absolute Gasteiger partial charge is 0.506 e. The highest BCUT2D eigenvalue weighted by Crippen LogP contribution is 2.26. The lowest BCUT2D eigenvalue weighted by Gasteiger charge is -2.14. The van der Waals surface area contributed by atoms with Crippen molar-refractivity contribution in [2.24, 2.45) is 0 Å². The standard InChI is InChI=1S/C18H23N3O4/c1-3-5-10-14(22)19-20-17(24)15-16(23)12-8-6-7-9-13(12)21(11-4-2)18(15)25/h6-9,23H,3-5,10-11H2,1-2H3,(H,19,22)(H,20,24). The fraction of sp³-hybridized carbons (Fsp3) is 0.389. The van der Waals surface area contributed by atoms with Gasteiger partial charge in [0.05, 0.1) is 5.52 Å². The van der Waals surface area contributed by atoms with Crippen molar-refractivity contribution in [3.05, 3.63) is 40.2 Å². The summed E-state index contributed by atoms with van der Waals surface area (Å²) in [6, 6.07) is 6.85. The van der Waals surface area contributed by atoms with Gasteiger partial charge in [0.25, 0.3) is 11.5 Å². The Morgan fingerprint density at radius 3 is 2.52 bits per heavy atom. The zero-order valence-electron chi connectivity index (χ0n) is 14.5. The van der Waals surface area contributed by atoms with Gasteiger partial charge >= 0.3 is 0 Å². The molecule has 0 aliphatic heterocycles. The highest BCUT2D eigenvalue weighted by atomic mass is 16.3. The first kappa shape index (κ1) is 18.5. The van der Waals surface area contributed by atoms with Crippen LogP contribution < -0.4 is 16.4 Å². The van der Waals surface area contributed by atoms with Crippen LogP contribution in [0.4, 0.5) is 0 Å². The van der Waals surface area contributed by atoms with E-state index in [9.17, 15) is 19.5 Å². The van der Waals surface area contributed by atoms with E-state index in [4.69, 9.17) is 0 Å². The third-order valence-corrected chi connectivity index (χ3v) is 3.89. The van der Waals surface area contributed by atoms with Crippen molar-refractivity contribution >= 4 is 22.7 Å². The minimum Gasteiger partial charge on any atom is -0.506 e. The van der Waals surface area contributed by atoms with Crippen LogP contribution in [-0.2, 0) is 11.3 Å². The Bertz CT molecular complexity index is 842.